The van der Waals surface area contributed by atoms with Crippen molar-refractivity contribution < 1.29 is 14.0 Å². The van der Waals surface area contributed by atoms with Gasteiger partial charge in [-0.25, -0.2) is 0 Å². The van der Waals surface area contributed by atoms with Crippen LogP contribution in [0.25, 0.3) is 11.6 Å². The summed E-state index contributed by atoms with van der Waals surface area (Å²) in [6.45, 7) is 5.03. The molecular weight excluding hydrogens is 310 g/mol. The molecule has 8 nitrogen and oxygen atoms in total. The minimum Gasteiger partial charge on any atom is -0.461 e. The van der Waals surface area contributed by atoms with Crippen molar-refractivity contribution in [3.05, 3.63) is 41.2 Å². The van der Waals surface area contributed by atoms with Gasteiger partial charge in [-0.2, -0.15) is 10.1 Å². The quantitative estimate of drug-likeness (QED) is 0.760. The molecule has 0 saturated carbocycles. The molecule has 3 aromatic heterocycles. The van der Waals surface area contributed by atoms with E-state index in [1.165, 1.54) is 5.69 Å². The highest BCUT2D eigenvalue weighted by Crippen LogP contribution is 2.24. The summed E-state index contributed by atoms with van der Waals surface area (Å²) < 4.78 is 12.6. The smallest absolute Gasteiger partial charge is 0.241 e. The van der Waals surface area contributed by atoms with Crippen LogP contribution >= 0.6 is 0 Å². The van der Waals surface area contributed by atoms with Crippen LogP contribution in [0.3, 0.4) is 0 Å². The Balaban J connectivity index is 1.50. The number of nitrogens with zero attached hydrogens (tertiary/aromatic N) is 5. The Morgan fingerprint density at radius 2 is 2.29 bits per heavy atom. The number of fused-ring (bicyclic) bond motifs is 1. The fourth-order valence-corrected chi connectivity index (χ4v) is 3.16. The molecule has 126 valence electrons. The van der Waals surface area contributed by atoms with Crippen molar-refractivity contribution in [3.8, 4) is 11.6 Å². The SMILES string of the molecule is CCn1nc(CO)c2c1CCN(Cc1nc(-c3ccco3)no1)C2. The highest BCUT2D eigenvalue weighted by molar-refractivity contribution is 5.44. The largest absolute Gasteiger partial charge is 0.461 e. The maximum atomic E-state index is 9.54. The van der Waals surface area contributed by atoms with E-state index in [-0.39, 0.29) is 6.61 Å². The second-order valence-corrected chi connectivity index (χ2v) is 5.80. The van der Waals surface area contributed by atoms with Gasteiger partial charge in [0.05, 0.1) is 25.1 Å². The summed E-state index contributed by atoms with van der Waals surface area (Å²) >= 11 is 0. The van der Waals surface area contributed by atoms with Crippen LogP contribution in [0.2, 0.25) is 0 Å². The van der Waals surface area contributed by atoms with Gasteiger partial charge in [0.25, 0.3) is 0 Å². The van der Waals surface area contributed by atoms with E-state index in [9.17, 15) is 5.11 Å². The summed E-state index contributed by atoms with van der Waals surface area (Å²) in [6, 6.07) is 3.59. The molecule has 0 bridgehead atoms. The minimum absolute atomic E-state index is 0.0353. The van der Waals surface area contributed by atoms with Crippen LogP contribution in [0, 0.1) is 0 Å². The molecule has 0 saturated heterocycles. The molecule has 1 aliphatic rings. The molecule has 4 rings (SSSR count). The molecule has 1 N–H and O–H groups in total. The first-order valence-corrected chi connectivity index (χ1v) is 8.05. The Labute approximate surface area is 138 Å². The molecule has 0 unspecified atom stereocenters. The monoisotopic (exact) mass is 329 g/mol. The van der Waals surface area contributed by atoms with Crippen LogP contribution in [0.4, 0.5) is 0 Å². The highest BCUT2D eigenvalue weighted by Gasteiger charge is 2.25. The molecule has 0 fully saturated rings. The summed E-state index contributed by atoms with van der Waals surface area (Å²) in [6.07, 6.45) is 2.48. The van der Waals surface area contributed by atoms with Crippen molar-refractivity contribution in [1.82, 2.24) is 24.8 Å². The number of hydrogen-bond donors (Lipinski definition) is 1. The van der Waals surface area contributed by atoms with Gasteiger partial charge in [0.15, 0.2) is 5.76 Å². The third kappa shape index (κ3) is 2.63. The zero-order valence-corrected chi connectivity index (χ0v) is 13.5. The Bertz CT molecular complexity index is 821. The Morgan fingerprint density at radius 3 is 3.04 bits per heavy atom. The Hall–Kier alpha value is -2.45. The fraction of sp³-hybridized carbons (Fsp3) is 0.438. The van der Waals surface area contributed by atoms with E-state index in [4.69, 9.17) is 8.94 Å². The summed E-state index contributed by atoms with van der Waals surface area (Å²) in [5.41, 5.74) is 3.11. The van der Waals surface area contributed by atoms with Crippen molar-refractivity contribution in [3.63, 3.8) is 0 Å². The predicted molar refractivity (Wildman–Crippen MR) is 83.6 cm³/mol. The second-order valence-electron chi connectivity index (χ2n) is 5.80. The van der Waals surface area contributed by atoms with Crippen LogP contribution in [0.5, 0.6) is 0 Å². The molecule has 0 atom stereocenters. The lowest BCUT2D eigenvalue weighted by Crippen LogP contribution is -2.31. The normalized spacial score (nSPS) is 14.9. The van der Waals surface area contributed by atoms with E-state index in [0.717, 1.165) is 37.3 Å². The lowest BCUT2D eigenvalue weighted by molar-refractivity contribution is 0.205. The van der Waals surface area contributed by atoms with Gasteiger partial charge in [-0.1, -0.05) is 5.16 Å². The molecule has 3 aromatic rings. The van der Waals surface area contributed by atoms with E-state index in [1.54, 1.807) is 18.4 Å². The maximum absolute atomic E-state index is 9.54. The summed E-state index contributed by atoms with van der Waals surface area (Å²) in [5, 5.41) is 18.0. The predicted octanol–water partition coefficient (Wildman–Crippen LogP) is 1.60. The third-order valence-electron chi connectivity index (χ3n) is 4.31. The highest BCUT2D eigenvalue weighted by atomic mass is 16.5. The number of furan rings is 1. The van der Waals surface area contributed by atoms with E-state index in [0.29, 0.717) is 24.0 Å². The van der Waals surface area contributed by atoms with Gasteiger partial charge >= 0.3 is 0 Å². The first-order valence-electron chi connectivity index (χ1n) is 8.05. The van der Waals surface area contributed by atoms with Crippen LogP contribution in [-0.2, 0) is 32.7 Å². The second kappa shape index (κ2) is 6.21. The average Bonchev–Trinajstić information content (AvgIpc) is 3.33. The number of aryl methyl sites for hydroxylation is 1. The van der Waals surface area contributed by atoms with Gasteiger partial charge in [0, 0.05) is 37.3 Å². The van der Waals surface area contributed by atoms with Crippen LogP contribution in [0.15, 0.2) is 27.3 Å². The van der Waals surface area contributed by atoms with Crippen molar-refractivity contribution in [2.24, 2.45) is 0 Å². The first-order chi connectivity index (χ1) is 11.8. The van der Waals surface area contributed by atoms with Gasteiger partial charge in [-0.3, -0.25) is 9.58 Å². The zero-order valence-electron chi connectivity index (χ0n) is 13.5. The van der Waals surface area contributed by atoms with Gasteiger partial charge in [-0.05, 0) is 19.1 Å². The average molecular weight is 329 g/mol. The van der Waals surface area contributed by atoms with Gasteiger partial charge in [0.2, 0.25) is 11.7 Å². The molecule has 1 aliphatic heterocycles. The number of hydrogen-bond acceptors (Lipinski definition) is 7. The van der Waals surface area contributed by atoms with Crippen molar-refractivity contribution in [1.29, 1.82) is 0 Å². The molecule has 8 heteroatoms. The number of aliphatic hydroxyl groups excluding tert-OH is 1. The Kier molecular flexibility index (Phi) is 3.91. The summed E-state index contributed by atoms with van der Waals surface area (Å²) in [5.74, 6) is 1.61. The number of rotatable bonds is 5. The van der Waals surface area contributed by atoms with Crippen LogP contribution < -0.4 is 0 Å². The van der Waals surface area contributed by atoms with Gasteiger partial charge in [-0.15, -0.1) is 0 Å². The van der Waals surface area contributed by atoms with Crippen LogP contribution in [-0.4, -0.2) is 36.5 Å². The topological polar surface area (TPSA) is 93.3 Å². The summed E-state index contributed by atoms with van der Waals surface area (Å²) in [4.78, 5) is 6.61. The molecule has 0 aromatic carbocycles. The van der Waals surface area contributed by atoms with Gasteiger partial charge < -0.3 is 14.0 Å². The minimum atomic E-state index is -0.0353. The zero-order chi connectivity index (χ0) is 16.5. The molecule has 0 spiro atoms. The molecule has 4 heterocycles. The lowest BCUT2D eigenvalue weighted by atomic mass is 10.1. The van der Waals surface area contributed by atoms with E-state index in [1.807, 2.05) is 4.68 Å². The number of aliphatic hydroxyl groups is 1. The van der Waals surface area contributed by atoms with E-state index < -0.39 is 0 Å². The Morgan fingerprint density at radius 1 is 1.38 bits per heavy atom. The lowest BCUT2D eigenvalue weighted by Gasteiger charge is -2.26. The molecule has 0 aliphatic carbocycles. The van der Waals surface area contributed by atoms with E-state index in [2.05, 4.69) is 27.1 Å². The molecule has 24 heavy (non-hydrogen) atoms. The van der Waals surface area contributed by atoms with Crippen LogP contribution in [0.1, 0.15) is 29.8 Å². The molecular formula is C16H19N5O3. The van der Waals surface area contributed by atoms with Gasteiger partial charge in [0.1, 0.15) is 0 Å². The first kappa shape index (κ1) is 15.1. The van der Waals surface area contributed by atoms with Crippen molar-refractivity contribution in [2.75, 3.05) is 6.54 Å². The third-order valence-corrected chi connectivity index (χ3v) is 4.31. The molecule has 0 amide bonds. The summed E-state index contributed by atoms with van der Waals surface area (Å²) in [7, 11) is 0. The van der Waals surface area contributed by atoms with Crippen molar-refractivity contribution in [2.45, 2.75) is 39.6 Å². The maximum Gasteiger partial charge on any atom is 0.241 e. The van der Waals surface area contributed by atoms with Crippen molar-refractivity contribution >= 4 is 0 Å². The number of aromatic nitrogens is 4. The fourth-order valence-electron chi connectivity index (χ4n) is 3.16. The van der Waals surface area contributed by atoms with E-state index >= 15 is 0 Å². The molecule has 0 radical (unpaired) electrons. The standard InChI is InChI=1S/C16H19N5O3/c1-2-21-13-5-6-20(8-11(13)12(10-22)18-21)9-15-17-16(19-24-15)14-4-3-7-23-14/h3-4,7,22H,2,5-6,8-10H2,1H3.